The lowest BCUT2D eigenvalue weighted by Gasteiger charge is -2.22. The zero-order valence-corrected chi connectivity index (χ0v) is 13.8. The van der Waals surface area contributed by atoms with Gasteiger partial charge in [-0.3, -0.25) is 9.78 Å². The van der Waals surface area contributed by atoms with Crippen LogP contribution in [-0.2, 0) is 11.2 Å². The number of ether oxygens (including phenoxy) is 1. The van der Waals surface area contributed by atoms with Gasteiger partial charge in [0.1, 0.15) is 5.75 Å². The van der Waals surface area contributed by atoms with Crippen LogP contribution in [0, 0.1) is 11.3 Å². The Labute approximate surface area is 142 Å². The zero-order valence-electron chi connectivity index (χ0n) is 13.8. The summed E-state index contributed by atoms with van der Waals surface area (Å²) < 4.78 is 5.53. The quantitative estimate of drug-likeness (QED) is 0.749. The Morgan fingerprint density at radius 1 is 1.21 bits per heavy atom. The van der Waals surface area contributed by atoms with Crippen LogP contribution >= 0.6 is 0 Å². The fraction of sp³-hybridized carbons (Fsp3) is 0.316. The first kappa shape index (κ1) is 17.5. The van der Waals surface area contributed by atoms with Gasteiger partial charge in [0.2, 0.25) is 0 Å². The number of rotatable bonds is 8. The highest BCUT2D eigenvalue weighted by Crippen LogP contribution is 2.11. The van der Waals surface area contributed by atoms with E-state index in [2.05, 4.69) is 4.98 Å². The Kier molecular flexibility index (Phi) is 6.78. The highest BCUT2D eigenvalue weighted by molar-refractivity contribution is 5.77. The van der Waals surface area contributed by atoms with Gasteiger partial charge in [-0.1, -0.05) is 13.0 Å². The molecule has 0 N–H and O–H groups in total. The van der Waals surface area contributed by atoms with Crippen LogP contribution in [0.25, 0.3) is 0 Å². The standard InChI is InChI=1S/C19H21N3O2/c1-2-12-22(13-10-17-5-3-4-11-21-17)19(23)15-24-18-8-6-16(14-20)7-9-18/h3-9,11H,2,10,12-13,15H2,1H3. The molecule has 0 bridgehead atoms. The molecule has 1 aromatic carbocycles. The van der Waals surface area contributed by atoms with Crippen molar-refractivity contribution in [2.45, 2.75) is 19.8 Å². The normalized spacial score (nSPS) is 10.0. The van der Waals surface area contributed by atoms with E-state index in [9.17, 15) is 4.79 Å². The van der Waals surface area contributed by atoms with Crippen molar-refractivity contribution in [2.75, 3.05) is 19.7 Å². The van der Waals surface area contributed by atoms with E-state index in [-0.39, 0.29) is 12.5 Å². The Bertz CT molecular complexity index is 678. The number of nitriles is 1. The van der Waals surface area contributed by atoms with Gasteiger partial charge in [0.15, 0.2) is 6.61 Å². The summed E-state index contributed by atoms with van der Waals surface area (Å²) >= 11 is 0. The first-order valence-corrected chi connectivity index (χ1v) is 8.03. The molecule has 5 nitrogen and oxygen atoms in total. The maximum atomic E-state index is 12.4. The van der Waals surface area contributed by atoms with Crippen molar-refractivity contribution < 1.29 is 9.53 Å². The average Bonchev–Trinajstić information content (AvgIpc) is 2.64. The molecule has 2 rings (SSSR count). The molecule has 1 amide bonds. The van der Waals surface area contributed by atoms with Gasteiger partial charge in [0, 0.05) is 31.4 Å². The number of nitrogens with zero attached hydrogens (tertiary/aromatic N) is 3. The van der Waals surface area contributed by atoms with Gasteiger partial charge >= 0.3 is 0 Å². The molecule has 1 aromatic heterocycles. The summed E-state index contributed by atoms with van der Waals surface area (Å²) in [6.07, 6.45) is 3.38. The van der Waals surface area contributed by atoms with Gasteiger partial charge < -0.3 is 9.64 Å². The lowest BCUT2D eigenvalue weighted by Crippen LogP contribution is -2.37. The van der Waals surface area contributed by atoms with Gasteiger partial charge in [0.05, 0.1) is 11.6 Å². The lowest BCUT2D eigenvalue weighted by atomic mass is 10.2. The van der Waals surface area contributed by atoms with Crippen molar-refractivity contribution in [1.82, 2.24) is 9.88 Å². The second-order valence-electron chi connectivity index (χ2n) is 5.38. The molecule has 0 atom stereocenters. The lowest BCUT2D eigenvalue weighted by molar-refractivity contribution is -0.133. The Morgan fingerprint density at radius 2 is 2.00 bits per heavy atom. The molecule has 0 aliphatic carbocycles. The van der Waals surface area contributed by atoms with Crippen LogP contribution in [0.2, 0.25) is 0 Å². The highest BCUT2D eigenvalue weighted by Gasteiger charge is 2.13. The van der Waals surface area contributed by atoms with E-state index in [1.54, 1.807) is 35.4 Å². The highest BCUT2D eigenvalue weighted by atomic mass is 16.5. The minimum atomic E-state index is -0.0443. The van der Waals surface area contributed by atoms with E-state index in [0.29, 0.717) is 24.4 Å². The molecule has 124 valence electrons. The van der Waals surface area contributed by atoms with Gasteiger partial charge in [-0.25, -0.2) is 0 Å². The molecule has 0 unspecified atom stereocenters. The summed E-state index contributed by atoms with van der Waals surface area (Å²) in [5, 5.41) is 8.77. The molecular weight excluding hydrogens is 302 g/mol. The van der Waals surface area contributed by atoms with Gasteiger partial charge in [-0.15, -0.1) is 0 Å². The van der Waals surface area contributed by atoms with Crippen molar-refractivity contribution in [3.63, 3.8) is 0 Å². The van der Waals surface area contributed by atoms with Gasteiger partial charge in [-0.05, 0) is 42.8 Å². The molecule has 0 radical (unpaired) electrons. The smallest absolute Gasteiger partial charge is 0.260 e. The number of hydrogen-bond acceptors (Lipinski definition) is 4. The van der Waals surface area contributed by atoms with Crippen LogP contribution in [0.4, 0.5) is 0 Å². The van der Waals surface area contributed by atoms with E-state index >= 15 is 0 Å². The second-order valence-corrected chi connectivity index (χ2v) is 5.38. The van der Waals surface area contributed by atoms with Crippen LogP contribution in [0.15, 0.2) is 48.7 Å². The minimum absolute atomic E-state index is 0.00583. The van der Waals surface area contributed by atoms with Gasteiger partial charge in [-0.2, -0.15) is 5.26 Å². The third-order valence-corrected chi connectivity index (χ3v) is 3.56. The maximum absolute atomic E-state index is 12.4. The predicted molar refractivity (Wildman–Crippen MR) is 91.5 cm³/mol. The topological polar surface area (TPSA) is 66.2 Å². The summed E-state index contributed by atoms with van der Waals surface area (Å²) in [6, 6.07) is 14.6. The van der Waals surface area contributed by atoms with Crippen LogP contribution < -0.4 is 4.74 Å². The molecule has 0 fully saturated rings. The van der Waals surface area contributed by atoms with Crippen molar-refractivity contribution in [1.29, 1.82) is 5.26 Å². The van der Waals surface area contributed by atoms with Crippen molar-refractivity contribution in [3.05, 3.63) is 59.9 Å². The first-order chi connectivity index (χ1) is 11.7. The van der Waals surface area contributed by atoms with Crippen LogP contribution in [0.5, 0.6) is 5.75 Å². The van der Waals surface area contributed by atoms with E-state index in [1.165, 1.54) is 0 Å². The molecule has 0 aliphatic heterocycles. The van der Waals surface area contributed by atoms with Crippen molar-refractivity contribution in [2.24, 2.45) is 0 Å². The molecular formula is C19H21N3O2. The molecule has 0 saturated heterocycles. The summed E-state index contributed by atoms with van der Waals surface area (Å²) in [7, 11) is 0. The van der Waals surface area contributed by atoms with Crippen LogP contribution in [0.3, 0.4) is 0 Å². The largest absolute Gasteiger partial charge is 0.484 e. The summed E-state index contributed by atoms with van der Waals surface area (Å²) in [4.78, 5) is 18.5. The summed E-state index contributed by atoms with van der Waals surface area (Å²) in [5.41, 5.74) is 1.54. The Morgan fingerprint density at radius 3 is 2.62 bits per heavy atom. The van der Waals surface area contributed by atoms with E-state index in [0.717, 1.165) is 18.5 Å². The van der Waals surface area contributed by atoms with Crippen LogP contribution in [-0.4, -0.2) is 35.5 Å². The number of benzene rings is 1. The fourth-order valence-corrected chi connectivity index (χ4v) is 2.29. The minimum Gasteiger partial charge on any atom is -0.484 e. The monoisotopic (exact) mass is 323 g/mol. The average molecular weight is 323 g/mol. The van der Waals surface area contributed by atoms with Crippen molar-refractivity contribution in [3.8, 4) is 11.8 Å². The number of hydrogen-bond donors (Lipinski definition) is 0. The fourth-order valence-electron chi connectivity index (χ4n) is 2.29. The number of amides is 1. The molecule has 2 aromatic rings. The zero-order chi connectivity index (χ0) is 17.2. The molecule has 0 aliphatic rings. The number of aromatic nitrogens is 1. The maximum Gasteiger partial charge on any atom is 0.260 e. The Hall–Kier alpha value is -2.87. The molecule has 5 heteroatoms. The number of pyridine rings is 1. The molecule has 0 saturated carbocycles. The molecule has 24 heavy (non-hydrogen) atoms. The van der Waals surface area contributed by atoms with E-state index in [4.69, 9.17) is 10.00 Å². The van der Waals surface area contributed by atoms with E-state index in [1.807, 2.05) is 31.2 Å². The first-order valence-electron chi connectivity index (χ1n) is 8.03. The molecule has 0 spiro atoms. The Balaban J connectivity index is 1.87. The predicted octanol–water partition coefficient (Wildman–Crippen LogP) is 2.81. The summed E-state index contributed by atoms with van der Waals surface area (Å²) in [5.74, 6) is 0.542. The number of carbonyl (C=O) groups is 1. The van der Waals surface area contributed by atoms with Gasteiger partial charge in [0.25, 0.3) is 5.91 Å². The second kappa shape index (κ2) is 9.31. The number of carbonyl (C=O) groups excluding carboxylic acids is 1. The third-order valence-electron chi connectivity index (χ3n) is 3.56. The third kappa shape index (κ3) is 5.40. The SMILES string of the molecule is CCCN(CCc1ccccn1)C(=O)COc1ccc(C#N)cc1. The van der Waals surface area contributed by atoms with E-state index < -0.39 is 0 Å². The van der Waals surface area contributed by atoms with Crippen LogP contribution in [0.1, 0.15) is 24.6 Å². The van der Waals surface area contributed by atoms with Crippen molar-refractivity contribution >= 4 is 5.91 Å². The summed E-state index contributed by atoms with van der Waals surface area (Å²) in [6.45, 7) is 3.36. The molecule has 1 heterocycles.